The molecule has 1 fully saturated rings. The van der Waals surface area contributed by atoms with Gasteiger partial charge in [0.1, 0.15) is 0 Å². The van der Waals surface area contributed by atoms with Crippen molar-refractivity contribution >= 4 is 43.4 Å². The number of hydrogen-bond donors (Lipinski definition) is 1. The zero-order valence-corrected chi connectivity index (χ0v) is 20.4. The summed E-state index contributed by atoms with van der Waals surface area (Å²) in [4.78, 5) is 15.0. The van der Waals surface area contributed by atoms with Gasteiger partial charge in [0.25, 0.3) is 15.9 Å². The van der Waals surface area contributed by atoms with Gasteiger partial charge in [-0.3, -0.25) is 9.52 Å². The highest BCUT2D eigenvalue weighted by molar-refractivity contribution is 7.92. The number of nitrogens with one attached hydrogen (secondary N) is 1. The summed E-state index contributed by atoms with van der Waals surface area (Å²) < 4.78 is 31.5. The lowest BCUT2D eigenvalue weighted by Gasteiger charge is -2.27. The Bertz CT molecular complexity index is 1500. The second kappa shape index (κ2) is 8.80. The van der Waals surface area contributed by atoms with E-state index in [1.54, 1.807) is 18.2 Å². The van der Waals surface area contributed by atoms with Crippen molar-refractivity contribution in [3.05, 3.63) is 71.8 Å². The SMILES string of the molecule is CCn1c2ccccc2c2cc(NS(=O)(=O)c3ccc(C)c(C(=O)N4CCCCC4)c3)ccc21. The van der Waals surface area contributed by atoms with Crippen LogP contribution in [-0.2, 0) is 16.6 Å². The van der Waals surface area contributed by atoms with Crippen molar-refractivity contribution in [3.63, 3.8) is 0 Å². The summed E-state index contributed by atoms with van der Waals surface area (Å²) in [7, 11) is -3.87. The molecule has 1 aromatic heterocycles. The number of amides is 1. The summed E-state index contributed by atoms with van der Waals surface area (Å²) >= 11 is 0. The smallest absolute Gasteiger partial charge is 0.261 e. The summed E-state index contributed by atoms with van der Waals surface area (Å²) in [5, 5.41) is 2.09. The third-order valence-corrected chi connectivity index (χ3v) is 8.11. The molecule has 34 heavy (non-hydrogen) atoms. The van der Waals surface area contributed by atoms with Gasteiger partial charge in [0.2, 0.25) is 0 Å². The minimum absolute atomic E-state index is 0.0922. The second-order valence-corrected chi connectivity index (χ2v) is 10.6. The molecule has 0 radical (unpaired) electrons. The van der Waals surface area contributed by atoms with Crippen LogP contribution in [0.5, 0.6) is 0 Å². The number of piperidine rings is 1. The number of fused-ring (bicyclic) bond motifs is 3. The first-order valence-electron chi connectivity index (χ1n) is 11.8. The summed E-state index contributed by atoms with van der Waals surface area (Å²) in [5.41, 5.74) is 3.92. The zero-order chi connectivity index (χ0) is 23.9. The Hall–Kier alpha value is -3.32. The van der Waals surface area contributed by atoms with Crippen LogP contribution in [0.3, 0.4) is 0 Å². The third-order valence-electron chi connectivity index (χ3n) is 6.73. The van der Waals surface area contributed by atoms with Crippen LogP contribution in [0.1, 0.15) is 42.1 Å². The Balaban J connectivity index is 1.49. The fraction of sp³-hybridized carbons (Fsp3) is 0.296. The van der Waals surface area contributed by atoms with Gasteiger partial charge in [-0.1, -0.05) is 24.3 Å². The van der Waals surface area contributed by atoms with Gasteiger partial charge in [-0.2, -0.15) is 0 Å². The van der Waals surface area contributed by atoms with Crippen LogP contribution in [0.25, 0.3) is 21.8 Å². The van der Waals surface area contributed by atoms with Crippen LogP contribution in [0.15, 0.2) is 65.6 Å². The van der Waals surface area contributed by atoms with Gasteiger partial charge in [0, 0.05) is 52.7 Å². The number of anilines is 1. The van der Waals surface area contributed by atoms with E-state index in [0.717, 1.165) is 66.3 Å². The number of nitrogens with zero attached hydrogens (tertiary/aromatic N) is 2. The molecule has 0 unspecified atom stereocenters. The number of aromatic nitrogens is 1. The number of para-hydroxylation sites is 1. The minimum atomic E-state index is -3.87. The average Bonchev–Trinajstić information content (AvgIpc) is 3.17. The molecule has 0 saturated carbocycles. The van der Waals surface area contributed by atoms with Crippen molar-refractivity contribution < 1.29 is 13.2 Å². The van der Waals surface area contributed by atoms with Gasteiger partial charge >= 0.3 is 0 Å². The highest BCUT2D eigenvalue weighted by Gasteiger charge is 2.23. The van der Waals surface area contributed by atoms with E-state index in [1.165, 1.54) is 6.07 Å². The van der Waals surface area contributed by atoms with Gasteiger partial charge in [-0.05, 0) is 75.1 Å². The molecule has 5 rings (SSSR count). The molecule has 0 spiro atoms. The van der Waals surface area contributed by atoms with Crippen LogP contribution >= 0.6 is 0 Å². The Morgan fingerprint density at radius 1 is 0.912 bits per heavy atom. The maximum absolute atomic E-state index is 13.3. The molecule has 1 aliphatic heterocycles. The first-order valence-corrected chi connectivity index (χ1v) is 13.3. The lowest BCUT2D eigenvalue weighted by atomic mass is 10.1. The number of aryl methyl sites for hydroxylation is 2. The van der Waals surface area contributed by atoms with Crippen molar-refractivity contribution in [1.82, 2.24) is 9.47 Å². The predicted octanol–water partition coefficient (Wildman–Crippen LogP) is 5.55. The molecule has 1 aliphatic rings. The zero-order valence-electron chi connectivity index (χ0n) is 19.5. The lowest BCUT2D eigenvalue weighted by Crippen LogP contribution is -2.36. The van der Waals surface area contributed by atoms with Gasteiger partial charge in [-0.15, -0.1) is 0 Å². The van der Waals surface area contributed by atoms with Crippen molar-refractivity contribution in [2.45, 2.75) is 44.6 Å². The lowest BCUT2D eigenvalue weighted by molar-refractivity contribution is 0.0723. The van der Waals surface area contributed by atoms with Crippen molar-refractivity contribution in [2.24, 2.45) is 0 Å². The van der Waals surface area contributed by atoms with Gasteiger partial charge in [0.05, 0.1) is 4.90 Å². The van der Waals surface area contributed by atoms with E-state index < -0.39 is 10.0 Å². The number of hydrogen-bond acceptors (Lipinski definition) is 3. The maximum atomic E-state index is 13.3. The van der Waals surface area contributed by atoms with Crippen molar-refractivity contribution in [2.75, 3.05) is 17.8 Å². The van der Waals surface area contributed by atoms with E-state index in [-0.39, 0.29) is 10.8 Å². The second-order valence-electron chi connectivity index (χ2n) is 8.93. The van der Waals surface area contributed by atoms with E-state index in [1.807, 2.05) is 36.1 Å². The van der Waals surface area contributed by atoms with Crippen LogP contribution in [0.4, 0.5) is 5.69 Å². The van der Waals surface area contributed by atoms with E-state index in [0.29, 0.717) is 11.3 Å². The third kappa shape index (κ3) is 3.94. The number of benzene rings is 3. The first-order chi connectivity index (χ1) is 16.4. The van der Waals surface area contributed by atoms with E-state index in [9.17, 15) is 13.2 Å². The number of likely N-dealkylation sites (tertiary alicyclic amines) is 1. The molecule has 3 aromatic carbocycles. The van der Waals surface area contributed by atoms with Crippen LogP contribution in [-0.4, -0.2) is 36.9 Å². The summed E-state index contributed by atoms with van der Waals surface area (Å²) in [5.74, 6) is -0.0944. The maximum Gasteiger partial charge on any atom is 0.261 e. The molecule has 2 heterocycles. The van der Waals surface area contributed by atoms with Gasteiger partial charge < -0.3 is 9.47 Å². The molecule has 4 aromatic rings. The van der Waals surface area contributed by atoms with Gasteiger partial charge in [0.15, 0.2) is 0 Å². The molecule has 1 amide bonds. The number of carbonyl (C=O) groups excluding carboxylic acids is 1. The Morgan fingerprint density at radius 3 is 2.41 bits per heavy atom. The standard InChI is InChI=1S/C27H29N3O3S/c1-3-30-25-10-6-5-9-22(25)24-17-20(12-14-26(24)30)28-34(32,33)21-13-11-19(2)23(18-21)27(31)29-15-7-4-8-16-29/h5-6,9-14,17-18,28H,3-4,7-8,15-16H2,1-2H3. The molecule has 0 aliphatic carbocycles. The summed E-state index contributed by atoms with van der Waals surface area (Å²) in [6.07, 6.45) is 3.10. The van der Waals surface area contributed by atoms with E-state index in [2.05, 4.69) is 28.3 Å². The Morgan fingerprint density at radius 2 is 1.65 bits per heavy atom. The molecule has 0 atom stereocenters. The highest BCUT2D eigenvalue weighted by Crippen LogP contribution is 2.32. The Labute approximate surface area is 200 Å². The first kappa shape index (κ1) is 22.5. The minimum Gasteiger partial charge on any atom is -0.341 e. The van der Waals surface area contributed by atoms with Crippen LogP contribution in [0, 0.1) is 6.92 Å². The molecular formula is C27H29N3O3S. The summed E-state index contributed by atoms with van der Waals surface area (Å²) in [6.45, 7) is 6.21. The largest absolute Gasteiger partial charge is 0.341 e. The van der Waals surface area contributed by atoms with Crippen LogP contribution < -0.4 is 4.72 Å². The number of carbonyl (C=O) groups is 1. The highest BCUT2D eigenvalue weighted by atomic mass is 32.2. The predicted molar refractivity (Wildman–Crippen MR) is 137 cm³/mol. The molecule has 7 heteroatoms. The molecule has 1 N–H and O–H groups in total. The molecule has 0 bridgehead atoms. The quantitative estimate of drug-likeness (QED) is 0.411. The molecule has 176 valence electrons. The van der Waals surface area contributed by atoms with Crippen molar-refractivity contribution in [3.8, 4) is 0 Å². The van der Waals surface area contributed by atoms with Gasteiger partial charge in [-0.25, -0.2) is 8.42 Å². The normalized spacial score (nSPS) is 14.6. The molecular weight excluding hydrogens is 446 g/mol. The molecule has 1 saturated heterocycles. The monoisotopic (exact) mass is 475 g/mol. The topological polar surface area (TPSA) is 71.4 Å². The number of rotatable bonds is 5. The van der Waals surface area contributed by atoms with E-state index >= 15 is 0 Å². The van der Waals surface area contributed by atoms with Crippen LogP contribution in [0.2, 0.25) is 0 Å². The average molecular weight is 476 g/mol. The molecule has 6 nitrogen and oxygen atoms in total. The van der Waals surface area contributed by atoms with Crippen molar-refractivity contribution in [1.29, 1.82) is 0 Å². The fourth-order valence-electron chi connectivity index (χ4n) is 4.94. The number of sulfonamides is 1. The Kier molecular flexibility index (Phi) is 5.81. The van der Waals surface area contributed by atoms with E-state index in [4.69, 9.17) is 0 Å². The fourth-order valence-corrected chi connectivity index (χ4v) is 6.01. The summed E-state index contributed by atoms with van der Waals surface area (Å²) in [6, 6.07) is 18.6.